The number of amides is 1. The summed E-state index contributed by atoms with van der Waals surface area (Å²) >= 11 is 0. The number of carbonyl (C=O) groups excluding carboxylic acids is 1. The zero-order chi connectivity index (χ0) is 18.0. The van der Waals surface area contributed by atoms with Crippen LogP contribution in [0.25, 0.3) is 11.0 Å². The summed E-state index contributed by atoms with van der Waals surface area (Å²) in [5, 5.41) is 9.85. The number of furan rings is 1. The molecular formula is C19H17NO5. The van der Waals surface area contributed by atoms with E-state index in [4.69, 9.17) is 14.3 Å². The number of hydrogen-bond donors (Lipinski definition) is 1. The zero-order valence-corrected chi connectivity index (χ0v) is 13.9. The third-order valence-electron chi connectivity index (χ3n) is 3.92. The maximum Gasteiger partial charge on any atom is 0.335 e. The predicted molar refractivity (Wildman–Crippen MR) is 93.5 cm³/mol. The molecule has 6 heteroatoms. The van der Waals surface area contributed by atoms with Crippen molar-refractivity contribution in [3.05, 3.63) is 59.9 Å². The molecule has 6 nitrogen and oxygen atoms in total. The molecule has 0 saturated heterocycles. The fourth-order valence-corrected chi connectivity index (χ4v) is 2.70. The Morgan fingerprint density at radius 3 is 2.60 bits per heavy atom. The van der Waals surface area contributed by atoms with Crippen molar-refractivity contribution in [3.8, 4) is 5.75 Å². The highest BCUT2D eigenvalue weighted by molar-refractivity contribution is 6.07. The first-order valence-corrected chi connectivity index (χ1v) is 7.77. The van der Waals surface area contributed by atoms with Crippen LogP contribution in [0.2, 0.25) is 0 Å². The highest BCUT2D eigenvalue weighted by atomic mass is 16.5. The Balaban J connectivity index is 2.00. The van der Waals surface area contributed by atoms with E-state index >= 15 is 0 Å². The molecule has 3 rings (SSSR count). The summed E-state index contributed by atoms with van der Waals surface area (Å²) in [5.41, 5.74) is 1.17. The van der Waals surface area contributed by atoms with Crippen LogP contribution in [0.1, 0.15) is 27.8 Å². The largest absolute Gasteiger partial charge is 0.496 e. The Morgan fingerprint density at radius 1 is 1.16 bits per heavy atom. The van der Waals surface area contributed by atoms with Gasteiger partial charge in [-0.3, -0.25) is 4.79 Å². The lowest BCUT2D eigenvalue weighted by Crippen LogP contribution is -2.30. The fourth-order valence-electron chi connectivity index (χ4n) is 2.70. The summed E-state index contributed by atoms with van der Waals surface area (Å²) < 4.78 is 11.0. The van der Waals surface area contributed by atoms with Gasteiger partial charge in [0.15, 0.2) is 5.76 Å². The molecule has 0 bridgehead atoms. The number of benzene rings is 2. The first kappa shape index (κ1) is 16.6. The summed E-state index contributed by atoms with van der Waals surface area (Å²) in [7, 11) is 1.55. The lowest BCUT2D eigenvalue weighted by Gasteiger charge is -2.20. The monoisotopic (exact) mass is 339 g/mol. The maximum absolute atomic E-state index is 12.9. The van der Waals surface area contributed by atoms with E-state index in [1.54, 1.807) is 43.5 Å². The standard InChI is InChI=1S/C19H17NO5/c1-3-20(13-7-4-6-12(10-13)19(22)23)18(21)17-11-14-15(24-2)8-5-9-16(14)25-17/h4-11H,3H2,1-2H3,(H,22,23). The molecule has 0 saturated carbocycles. The van der Waals surface area contributed by atoms with Gasteiger partial charge in [0, 0.05) is 18.3 Å². The number of hydrogen-bond acceptors (Lipinski definition) is 4. The van der Waals surface area contributed by atoms with E-state index in [0.29, 0.717) is 29.0 Å². The van der Waals surface area contributed by atoms with Crippen LogP contribution in [0.5, 0.6) is 5.75 Å². The number of fused-ring (bicyclic) bond motifs is 1. The Morgan fingerprint density at radius 2 is 1.92 bits per heavy atom. The minimum Gasteiger partial charge on any atom is -0.496 e. The van der Waals surface area contributed by atoms with Crippen molar-refractivity contribution < 1.29 is 23.8 Å². The number of nitrogens with zero attached hydrogens (tertiary/aromatic N) is 1. The topological polar surface area (TPSA) is 80.0 Å². The molecule has 1 amide bonds. The first-order valence-electron chi connectivity index (χ1n) is 7.77. The molecule has 25 heavy (non-hydrogen) atoms. The minimum atomic E-state index is -1.04. The second-order valence-corrected chi connectivity index (χ2v) is 5.39. The smallest absolute Gasteiger partial charge is 0.335 e. The second-order valence-electron chi connectivity index (χ2n) is 5.39. The molecule has 128 valence electrons. The zero-order valence-electron chi connectivity index (χ0n) is 13.9. The molecule has 0 fully saturated rings. The summed E-state index contributed by atoms with van der Waals surface area (Å²) in [4.78, 5) is 25.5. The highest BCUT2D eigenvalue weighted by Crippen LogP contribution is 2.29. The van der Waals surface area contributed by atoms with Gasteiger partial charge in [-0.1, -0.05) is 12.1 Å². The van der Waals surface area contributed by atoms with Gasteiger partial charge in [-0.05, 0) is 37.3 Å². The molecular weight excluding hydrogens is 322 g/mol. The summed E-state index contributed by atoms with van der Waals surface area (Å²) in [5.74, 6) is -0.597. The van der Waals surface area contributed by atoms with Crippen molar-refractivity contribution in [1.29, 1.82) is 0 Å². The van der Waals surface area contributed by atoms with Gasteiger partial charge in [-0.2, -0.15) is 0 Å². The SMILES string of the molecule is CCN(C(=O)c1cc2c(OC)cccc2o1)c1cccc(C(=O)O)c1. The molecule has 2 aromatic carbocycles. The number of anilines is 1. The van der Waals surface area contributed by atoms with E-state index < -0.39 is 5.97 Å². The van der Waals surface area contributed by atoms with Gasteiger partial charge in [-0.15, -0.1) is 0 Å². The summed E-state index contributed by atoms with van der Waals surface area (Å²) in [6, 6.07) is 13.2. The van der Waals surface area contributed by atoms with Crippen LogP contribution in [-0.2, 0) is 0 Å². The number of carbonyl (C=O) groups is 2. The van der Waals surface area contributed by atoms with E-state index in [0.717, 1.165) is 0 Å². The maximum atomic E-state index is 12.9. The van der Waals surface area contributed by atoms with Crippen molar-refractivity contribution in [2.75, 3.05) is 18.6 Å². The molecule has 1 heterocycles. The van der Waals surface area contributed by atoms with Crippen LogP contribution >= 0.6 is 0 Å². The Kier molecular flexibility index (Phi) is 4.43. The van der Waals surface area contributed by atoms with Crippen LogP contribution in [-0.4, -0.2) is 30.6 Å². The minimum absolute atomic E-state index is 0.120. The third kappa shape index (κ3) is 3.06. The van der Waals surface area contributed by atoms with Crippen molar-refractivity contribution >= 4 is 28.5 Å². The van der Waals surface area contributed by atoms with E-state index in [-0.39, 0.29) is 17.2 Å². The van der Waals surface area contributed by atoms with E-state index in [2.05, 4.69) is 0 Å². The molecule has 0 aliphatic carbocycles. The van der Waals surface area contributed by atoms with Gasteiger partial charge >= 0.3 is 5.97 Å². The van der Waals surface area contributed by atoms with Gasteiger partial charge in [0.05, 0.1) is 18.1 Å². The molecule has 1 aromatic heterocycles. The summed E-state index contributed by atoms with van der Waals surface area (Å²) in [6.07, 6.45) is 0. The predicted octanol–water partition coefficient (Wildman–Crippen LogP) is 3.81. The Hall–Kier alpha value is -3.28. The Bertz CT molecular complexity index is 944. The normalized spacial score (nSPS) is 10.6. The van der Waals surface area contributed by atoms with E-state index in [1.165, 1.54) is 17.0 Å². The summed E-state index contributed by atoms with van der Waals surface area (Å²) in [6.45, 7) is 2.19. The molecule has 0 unspecified atom stereocenters. The quantitative estimate of drug-likeness (QED) is 0.764. The molecule has 0 spiro atoms. The first-order chi connectivity index (χ1) is 12.0. The van der Waals surface area contributed by atoms with Gasteiger partial charge in [0.2, 0.25) is 0 Å². The number of carboxylic acid groups (broad SMARTS) is 1. The Labute approximate surface area is 144 Å². The molecule has 0 radical (unpaired) electrons. The third-order valence-corrected chi connectivity index (χ3v) is 3.92. The average molecular weight is 339 g/mol. The van der Waals surface area contributed by atoms with E-state index in [9.17, 15) is 9.59 Å². The van der Waals surface area contributed by atoms with Crippen LogP contribution in [0.15, 0.2) is 52.9 Å². The molecule has 0 aliphatic heterocycles. The van der Waals surface area contributed by atoms with Crippen molar-refractivity contribution in [2.45, 2.75) is 6.92 Å². The highest BCUT2D eigenvalue weighted by Gasteiger charge is 2.22. The number of ether oxygens (including phenoxy) is 1. The van der Waals surface area contributed by atoms with E-state index in [1.807, 2.05) is 6.92 Å². The van der Waals surface area contributed by atoms with Crippen LogP contribution in [0, 0.1) is 0 Å². The van der Waals surface area contributed by atoms with Crippen molar-refractivity contribution in [1.82, 2.24) is 0 Å². The number of carboxylic acids is 1. The van der Waals surface area contributed by atoms with Crippen LogP contribution in [0.3, 0.4) is 0 Å². The van der Waals surface area contributed by atoms with Crippen LogP contribution in [0.4, 0.5) is 5.69 Å². The molecule has 0 atom stereocenters. The number of aromatic carboxylic acids is 1. The fraction of sp³-hybridized carbons (Fsp3) is 0.158. The average Bonchev–Trinajstić information content (AvgIpc) is 3.06. The molecule has 3 aromatic rings. The van der Waals surface area contributed by atoms with Gasteiger partial charge in [-0.25, -0.2) is 4.79 Å². The van der Waals surface area contributed by atoms with Gasteiger partial charge < -0.3 is 19.2 Å². The van der Waals surface area contributed by atoms with Gasteiger partial charge in [0.1, 0.15) is 11.3 Å². The molecule has 0 aliphatic rings. The van der Waals surface area contributed by atoms with Gasteiger partial charge in [0.25, 0.3) is 5.91 Å². The van der Waals surface area contributed by atoms with Crippen molar-refractivity contribution in [3.63, 3.8) is 0 Å². The lowest BCUT2D eigenvalue weighted by molar-refractivity contribution is 0.0696. The molecule has 1 N–H and O–H groups in total. The lowest BCUT2D eigenvalue weighted by atomic mass is 10.1. The van der Waals surface area contributed by atoms with Crippen molar-refractivity contribution in [2.24, 2.45) is 0 Å². The number of methoxy groups -OCH3 is 1. The van der Waals surface area contributed by atoms with Crippen LogP contribution < -0.4 is 9.64 Å². The second kappa shape index (κ2) is 6.68. The number of rotatable bonds is 5.